The van der Waals surface area contributed by atoms with Crippen LogP contribution in [-0.4, -0.2) is 66.3 Å². The fourth-order valence-electron chi connectivity index (χ4n) is 3.48. The zero-order valence-electron chi connectivity index (χ0n) is 18.1. The number of carbonyl (C=O) groups is 1. The van der Waals surface area contributed by atoms with Crippen molar-refractivity contribution in [3.63, 3.8) is 0 Å². The van der Waals surface area contributed by atoms with E-state index in [1.807, 2.05) is 24.3 Å². The summed E-state index contributed by atoms with van der Waals surface area (Å²) >= 11 is 0. The summed E-state index contributed by atoms with van der Waals surface area (Å²) in [6.07, 6.45) is 0.559. The van der Waals surface area contributed by atoms with Gasteiger partial charge in [0.1, 0.15) is 11.4 Å². The Hall–Kier alpha value is -2.42. The van der Waals surface area contributed by atoms with Crippen LogP contribution in [0.3, 0.4) is 0 Å². The smallest absolute Gasteiger partial charge is 0.497 e. The van der Waals surface area contributed by atoms with Crippen molar-refractivity contribution in [2.45, 2.75) is 45.1 Å². The first-order valence-electron chi connectivity index (χ1n) is 10.2. The van der Waals surface area contributed by atoms with Crippen LogP contribution < -0.4 is 10.1 Å². The van der Waals surface area contributed by atoms with E-state index in [2.05, 4.69) is 15.2 Å². The third-order valence-electron chi connectivity index (χ3n) is 4.91. The van der Waals surface area contributed by atoms with Gasteiger partial charge in [-0.3, -0.25) is 15.2 Å². The fraction of sp³-hybridized carbons (Fsp3) is 0.545. The third kappa shape index (κ3) is 6.04. The van der Waals surface area contributed by atoms with Crippen molar-refractivity contribution in [2.24, 2.45) is 0 Å². The monoisotopic (exact) mass is 417 g/mol. The second-order valence-corrected chi connectivity index (χ2v) is 8.41. The van der Waals surface area contributed by atoms with Crippen molar-refractivity contribution in [3.8, 4) is 5.75 Å². The Kier molecular flexibility index (Phi) is 7.12. The molecule has 0 amide bonds. The number of nitrogens with zero attached hydrogens (tertiary/aromatic N) is 2. The van der Waals surface area contributed by atoms with E-state index in [0.717, 1.165) is 28.8 Å². The molecule has 2 unspecified atom stereocenters. The normalized spacial score (nSPS) is 19.2. The highest BCUT2D eigenvalue weighted by Crippen LogP contribution is 2.27. The molecule has 2 N–H and O–H groups in total. The lowest BCUT2D eigenvalue weighted by Gasteiger charge is -2.24. The number of hydrogen-bond acceptors (Lipinski definition) is 8. The van der Waals surface area contributed by atoms with Crippen LogP contribution >= 0.6 is 0 Å². The van der Waals surface area contributed by atoms with E-state index in [0.29, 0.717) is 26.1 Å². The molecule has 0 bridgehead atoms. The van der Waals surface area contributed by atoms with E-state index < -0.39 is 24.1 Å². The van der Waals surface area contributed by atoms with Crippen molar-refractivity contribution >= 4 is 17.1 Å². The molecule has 1 aliphatic rings. The van der Waals surface area contributed by atoms with Crippen molar-refractivity contribution in [3.05, 3.63) is 36.0 Å². The molecular formula is C22H31N3O5. The van der Waals surface area contributed by atoms with Crippen LogP contribution in [0.4, 0.5) is 4.79 Å². The van der Waals surface area contributed by atoms with E-state index in [1.54, 1.807) is 34.1 Å². The van der Waals surface area contributed by atoms with Gasteiger partial charge >= 0.3 is 6.16 Å². The predicted octanol–water partition coefficient (Wildman–Crippen LogP) is 2.85. The summed E-state index contributed by atoms with van der Waals surface area (Å²) in [6, 6.07) is 7.49. The molecule has 30 heavy (non-hydrogen) atoms. The van der Waals surface area contributed by atoms with Gasteiger partial charge in [0.2, 0.25) is 0 Å². The SMILES string of the molecule is COc1ccc2nccc(C(O)CN3CCNC(OC(=O)OC(C)(C)C)CC3)c2c1. The maximum atomic E-state index is 11.9. The number of ether oxygens (including phenoxy) is 3. The second kappa shape index (κ2) is 9.59. The Balaban J connectivity index is 1.61. The van der Waals surface area contributed by atoms with Crippen LogP contribution in [0.1, 0.15) is 38.9 Å². The summed E-state index contributed by atoms with van der Waals surface area (Å²) < 4.78 is 15.9. The molecule has 0 radical (unpaired) electrons. The number of nitrogens with one attached hydrogen (secondary N) is 1. The molecule has 8 heteroatoms. The van der Waals surface area contributed by atoms with Gasteiger partial charge in [0.15, 0.2) is 6.23 Å². The highest BCUT2D eigenvalue weighted by molar-refractivity contribution is 5.83. The fourth-order valence-corrected chi connectivity index (χ4v) is 3.48. The zero-order valence-corrected chi connectivity index (χ0v) is 18.1. The average Bonchev–Trinajstić information content (AvgIpc) is 2.90. The molecule has 2 aromatic rings. The highest BCUT2D eigenvalue weighted by atomic mass is 16.7. The average molecular weight is 418 g/mol. The number of aromatic nitrogens is 1. The first kappa shape index (κ1) is 22.3. The molecule has 2 heterocycles. The Morgan fingerprint density at radius 1 is 1.33 bits per heavy atom. The predicted molar refractivity (Wildman–Crippen MR) is 113 cm³/mol. The largest absolute Gasteiger partial charge is 0.510 e. The Morgan fingerprint density at radius 3 is 2.87 bits per heavy atom. The van der Waals surface area contributed by atoms with Crippen LogP contribution in [0.5, 0.6) is 5.75 Å². The number of pyridine rings is 1. The third-order valence-corrected chi connectivity index (χ3v) is 4.91. The molecule has 0 saturated carbocycles. The lowest BCUT2D eigenvalue weighted by molar-refractivity contribution is -0.0344. The molecule has 164 valence electrons. The second-order valence-electron chi connectivity index (χ2n) is 8.41. The quantitative estimate of drug-likeness (QED) is 0.718. The van der Waals surface area contributed by atoms with E-state index >= 15 is 0 Å². The summed E-state index contributed by atoms with van der Waals surface area (Å²) in [5, 5.41) is 15.0. The Bertz CT molecular complexity index is 867. The summed E-state index contributed by atoms with van der Waals surface area (Å²) in [5.41, 5.74) is 1.04. The van der Waals surface area contributed by atoms with Crippen LogP contribution in [0, 0.1) is 0 Å². The molecule has 8 nitrogen and oxygen atoms in total. The van der Waals surface area contributed by atoms with Gasteiger partial charge in [0.05, 0.1) is 18.7 Å². The van der Waals surface area contributed by atoms with E-state index in [4.69, 9.17) is 14.2 Å². The van der Waals surface area contributed by atoms with E-state index in [1.165, 1.54) is 0 Å². The van der Waals surface area contributed by atoms with Gasteiger partial charge in [-0.1, -0.05) is 0 Å². The molecular weight excluding hydrogens is 386 g/mol. The summed E-state index contributed by atoms with van der Waals surface area (Å²) in [5.74, 6) is 0.727. The number of rotatable bonds is 5. The van der Waals surface area contributed by atoms with Crippen molar-refractivity contribution in [2.75, 3.05) is 33.3 Å². The number of fused-ring (bicyclic) bond motifs is 1. The molecule has 0 spiro atoms. The van der Waals surface area contributed by atoms with Gasteiger partial charge < -0.3 is 19.3 Å². The lowest BCUT2D eigenvalue weighted by atomic mass is 10.0. The van der Waals surface area contributed by atoms with Gasteiger partial charge in [-0.25, -0.2) is 4.79 Å². The molecule has 1 aromatic heterocycles. The van der Waals surface area contributed by atoms with Crippen LogP contribution in [-0.2, 0) is 9.47 Å². The minimum Gasteiger partial charge on any atom is -0.497 e. The lowest BCUT2D eigenvalue weighted by Crippen LogP contribution is -2.36. The van der Waals surface area contributed by atoms with Crippen LogP contribution in [0.15, 0.2) is 30.5 Å². The van der Waals surface area contributed by atoms with Gasteiger partial charge in [-0.15, -0.1) is 0 Å². The van der Waals surface area contributed by atoms with Crippen LogP contribution in [0.25, 0.3) is 10.9 Å². The minimum absolute atomic E-state index is 0.409. The Morgan fingerprint density at radius 2 is 2.13 bits per heavy atom. The zero-order chi connectivity index (χ0) is 21.7. The summed E-state index contributed by atoms with van der Waals surface area (Å²) in [6.45, 7) is 7.94. The molecule has 2 atom stereocenters. The summed E-state index contributed by atoms with van der Waals surface area (Å²) in [7, 11) is 1.62. The maximum Gasteiger partial charge on any atom is 0.510 e. The number of hydrogen-bond donors (Lipinski definition) is 2. The van der Waals surface area contributed by atoms with Gasteiger partial charge in [-0.05, 0) is 50.6 Å². The number of methoxy groups -OCH3 is 1. The number of benzene rings is 1. The standard InChI is InChI=1S/C22H31N3O5/c1-22(2,3)30-21(27)29-20-8-11-25(12-10-24-20)14-19(26)16-7-9-23-18-6-5-15(28-4)13-17(16)18/h5-7,9,13,19-20,24,26H,8,10-12,14H2,1-4H3. The molecule has 1 saturated heterocycles. The molecule has 3 rings (SSSR count). The van der Waals surface area contributed by atoms with Gasteiger partial charge in [-0.2, -0.15) is 0 Å². The van der Waals surface area contributed by atoms with Crippen molar-refractivity contribution < 1.29 is 24.1 Å². The minimum atomic E-state index is -0.675. The van der Waals surface area contributed by atoms with Crippen LogP contribution in [0.2, 0.25) is 0 Å². The first-order valence-corrected chi connectivity index (χ1v) is 10.2. The molecule has 0 aliphatic carbocycles. The van der Waals surface area contributed by atoms with Crippen molar-refractivity contribution in [1.29, 1.82) is 0 Å². The number of aliphatic hydroxyl groups is 1. The molecule has 1 fully saturated rings. The highest BCUT2D eigenvalue weighted by Gasteiger charge is 2.25. The Labute approximate surface area is 177 Å². The van der Waals surface area contributed by atoms with Gasteiger partial charge in [0.25, 0.3) is 0 Å². The number of aliphatic hydroxyl groups excluding tert-OH is 1. The molecule has 1 aliphatic heterocycles. The van der Waals surface area contributed by atoms with Crippen molar-refractivity contribution in [1.82, 2.24) is 15.2 Å². The number of carbonyl (C=O) groups excluding carboxylic acids is 1. The first-order chi connectivity index (χ1) is 14.2. The number of β-amino-alcohol motifs (C(OH)–C–C–N with tert-alkyl or cyclic N) is 1. The van der Waals surface area contributed by atoms with Gasteiger partial charge in [0, 0.05) is 44.2 Å². The molecule has 1 aromatic carbocycles. The maximum absolute atomic E-state index is 11.9. The topological polar surface area (TPSA) is 93.2 Å². The van der Waals surface area contributed by atoms with E-state index in [-0.39, 0.29) is 0 Å². The van der Waals surface area contributed by atoms with E-state index in [9.17, 15) is 9.90 Å². The summed E-state index contributed by atoms with van der Waals surface area (Å²) in [4.78, 5) is 18.4.